The molecule has 1 aliphatic rings. The molecule has 138 valence electrons. The van der Waals surface area contributed by atoms with Crippen LogP contribution < -0.4 is 5.32 Å². The monoisotopic (exact) mass is 417 g/mol. The number of aromatic nitrogens is 1. The number of pyridine rings is 1. The predicted molar refractivity (Wildman–Crippen MR) is 113 cm³/mol. The molecule has 1 saturated heterocycles. The van der Waals surface area contributed by atoms with Crippen LogP contribution in [0.25, 0.3) is 6.08 Å². The summed E-state index contributed by atoms with van der Waals surface area (Å²) in [6.07, 6.45) is 4.14. The summed E-state index contributed by atoms with van der Waals surface area (Å²) in [5.41, 5.74) is 0.773. The third-order valence-corrected chi connectivity index (χ3v) is 5.51. The first-order valence-corrected chi connectivity index (χ1v) is 9.85. The van der Waals surface area contributed by atoms with Crippen molar-refractivity contribution in [1.82, 2.24) is 9.88 Å². The highest BCUT2D eigenvalue weighted by Gasteiger charge is 2.31. The normalized spacial score (nSPS) is 15.4. The molecule has 0 bridgehead atoms. The number of thiocarbonyl (C=S) groups is 1. The van der Waals surface area contributed by atoms with Gasteiger partial charge in [-0.05, 0) is 36.3 Å². The molecule has 2 amide bonds. The van der Waals surface area contributed by atoms with E-state index in [9.17, 15) is 9.59 Å². The van der Waals surface area contributed by atoms with Crippen molar-refractivity contribution in [3.63, 3.8) is 0 Å². The van der Waals surface area contributed by atoms with Crippen molar-refractivity contribution in [3.8, 4) is 0 Å². The minimum atomic E-state index is -0.157. The Kier molecular flexibility index (Phi) is 6.60. The van der Waals surface area contributed by atoms with E-state index in [1.165, 1.54) is 16.7 Å². The quantitative estimate of drug-likeness (QED) is 0.559. The van der Waals surface area contributed by atoms with Gasteiger partial charge in [0.1, 0.15) is 10.1 Å². The molecule has 1 aromatic carbocycles. The third kappa shape index (κ3) is 5.15. The molecule has 2 heterocycles. The molecule has 1 aromatic heterocycles. The van der Waals surface area contributed by atoms with Gasteiger partial charge in [-0.1, -0.05) is 59.8 Å². The van der Waals surface area contributed by atoms with Crippen LogP contribution in [-0.2, 0) is 9.59 Å². The number of rotatable bonds is 6. The Balaban J connectivity index is 1.55. The van der Waals surface area contributed by atoms with Gasteiger partial charge in [0, 0.05) is 24.2 Å². The van der Waals surface area contributed by atoms with E-state index in [1.54, 1.807) is 36.5 Å². The van der Waals surface area contributed by atoms with Gasteiger partial charge in [0.15, 0.2) is 0 Å². The number of carbonyl (C=O) groups is 2. The smallest absolute Gasteiger partial charge is 0.266 e. The number of hydrogen-bond acceptors (Lipinski definition) is 5. The van der Waals surface area contributed by atoms with Crippen LogP contribution in [0.2, 0.25) is 5.02 Å². The highest BCUT2D eigenvalue weighted by molar-refractivity contribution is 8.26. The zero-order valence-corrected chi connectivity index (χ0v) is 16.6. The minimum absolute atomic E-state index is 0.147. The summed E-state index contributed by atoms with van der Waals surface area (Å²) in [6, 6.07) is 12.6. The predicted octanol–water partition coefficient (Wildman–Crippen LogP) is 4.36. The number of benzene rings is 1. The van der Waals surface area contributed by atoms with Gasteiger partial charge < -0.3 is 5.32 Å². The van der Waals surface area contributed by atoms with E-state index in [-0.39, 0.29) is 18.2 Å². The highest BCUT2D eigenvalue weighted by Crippen LogP contribution is 2.33. The van der Waals surface area contributed by atoms with E-state index < -0.39 is 0 Å². The summed E-state index contributed by atoms with van der Waals surface area (Å²) in [5.74, 6) is 0.205. The first kappa shape index (κ1) is 19.5. The van der Waals surface area contributed by atoms with Crippen molar-refractivity contribution < 1.29 is 9.59 Å². The zero-order valence-electron chi connectivity index (χ0n) is 14.2. The first-order chi connectivity index (χ1) is 13.0. The molecule has 3 rings (SSSR count). The van der Waals surface area contributed by atoms with Crippen molar-refractivity contribution in [2.24, 2.45) is 0 Å². The van der Waals surface area contributed by atoms with Crippen LogP contribution in [0, 0.1) is 0 Å². The van der Waals surface area contributed by atoms with Gasteiger partial charge in [0.2, 0.25) is 5.91 Å². The average Bonchev–Trinajstić information content (AvgIpc) is 2.92. The molecular formula is C19H16ClN3O2S2. The fraction of sp³-hybridized carbons (Fsp3) is 0.158. The molecule has 5 nitrogen and oxygen atoms in total. The van der Waals surface area contributed by atoms with E-state index in [1.807, 2.05) is 18.2 Å². The Morgan fingerprint density at radius 2 is 2.04 bits per heavy atom. The van der Waals surface area contributed by atoms with Gasteiger partial charge in [0.25, 0.3) is 5.91 Å². The number of nitrogens with one attached hydrogen (secondary N) is 1. The molecular weight excluding hydrogens is 402 g/mol. The number of carbonyl (C=O) groups excluding carboxylic acids is 2. The summed E-state index contributed by atoms with van der Waals surface area (Å²) in [6.45, 7) is 0.389. The molecule has 2 aromatic rings. The van der Waals surface area contributed by atoms with Crippen LogP contribution in [0.3, 0.4) is 0 Å². The standard InChI is InChI=1S/C19H16ClN3O2S2/c20-14-7-2-1-6-13(14)12-15-18(25)23(19(26)27-15)11-5-9-17(24)22-16-8-3-4-10-21-16/h1-4,6-8,10,12H,5,9,11H2,(H,21,22,24). The summed E-state index contributed by atoms with van der Waals surface area (Å²) in [7, 11) is 0. The molecule has 0 radical (unpaired) electrons. The molecule has 8 heteroatoms. The van der Waals surface area contributed by atoms with Crippen molar-refractivity contribution in [2.75, 3.05) is 11.9 Å². The number of thioether (sulfide) groups is 1. The number of anilines is 1. The van der Waals surface area contributed by atoms with Crippen LogP contribution in [0.15, 0.2) is 53.6 Å². The second-order valence-corrected chi connectivity index (χ2v) is 7.80. The van der Waals surface area contributed by atoms with E-state index in [0.717, 1.165) is 5.56 Å². The van der Waals surface area contributed by atoms with E-state index >= 15 is 0 Å². The lowest BCUT2D eigenvalue weighted by molar-refractivity contribution is -0.122. The topological polar surface area (TPSA) is 62.3 Å². The second-order valence-electron chi connectivity index (χ2n) is 5.72. The lowest BCUT2D eigenvalue weighted by atomic mass is 10.2. The Morgan fingerprint density at radius 3 is 2.78 bits per heavy atom. The van der Waals surface area contributed by atoms with Gasteiger partial charge in [-0.25, -0.2) is 4.98 Å². The number of hydrogen-bond donors (Lipinski definition) is 1. The molecule has 0 saturated carbocycles. The Labute approximate surface area is 171 Å². The maximum atomic E-state index is 12.6. The van der Waals surface area contributed by atoms with E-state index in [4.69, 9.17) is 23.8 Å². The van der Waals surface area contributed by atoms with Gasteiger partial charge in [0.05, 0.1) is 4.91 Å². The van der Waals surface area contributed by atoms with Crippen LogP contribution in [0.5, 0.6) is 0 Å². The second kappa shape index (κ2) is 9.12. The number of halogens is 1. The SMILES string of the molecule is O=C(CCCN1C(=O)C(=Cc2ccccc2Cl)SC1=S)Nc1ccccn1. The largest absolute Gasteiger partial charge is 0.311 e. The van der Waals surface area contributed by atoms with Crippen LogP contribution >= 0.6 is 35.6 Å². The summed E-state index contributed by atoms with van der Waals surface area (Å²) in [4.78, 5) is 30.7. The average molecular weight is 418 g/mol. The summed E-state index contributed by atoms with van der Waals surface area (Å²) >= 11 is 12.7. The molecule has 0 spiro atoms. The summed E-state index contributed by atoms with van der Waals surface area (Å²) < 4.78 is 0.489. The van der Waals surface area contributed by atoms with Gasteiger partial charge in [-0.15, -0.1) is 0 Å². The molecule has 0 aliphatic carbocycles. The lowest BCUT2D eigenvalue weighted by Crippen LogP contribution is -2.29. The lowest BCUT2D eigenvalue weighted by Gasteiger charge is -2.14. The minimum Gasteiger partial charge on any atom is -0.311 e. The maximum absolute atomic E-state index is 12.6. The van der Waals surface area contributed by atoms with Crippen LogP contribution in [-0.4, -0.2) is 32.6 Å². The Hall–Kier alpha value is -2.22. The molecule has 27 heavy (non-hydrogen) atoms. The first-order valence-electron chi connectivity index (χ1n) is 8.25. The molecule has 0 unspecified atom stereocenters. The van der Waals surface area contributed by atoms with Gasteiger partial charge >= 0.3 is 0 Å². The zero-order chi connectivity index (χ0) is 19.2. The summed E-state index contributed by atoms with van der Waals surface area (Å²) in [5, 5.41) is 3.30. The Bertz CT molecular complexity index is 903. The van der Waals surface area contributed by atoms with Crippen molar-refractivity contribution in [2.45, 2.75) is 12.8 Å². The molecule has 1 fully saturated rings. The Morgan fingerprint density at radius 1 is 1.26 bits per heavy atom. The van der Waals surface area contributed by atoms with Crippen LogP contribution in [0.4, 0.5) is 5.82 Å². The number of nitrogens with zero attached hydrogens (tertiary/aromatic N) is 2. The van der Waals surface area contributed by atoms with Crippen molar-refractivity contribution in [3.05, 3.63) is 64.2 Å². The van der Waals surface area contributed by atoms with E-state index in [0.29, 0.717) is 33.0 Å². The fourth-order valence-corrected chi connectivity index (χ4v) is 3.96. The maximum Gasteiger partial charge on any atom is 0.266 e. The fourth-order valence-electron chi connectivity index (χ4n) is 2.47. The molecule has 1 N–H and O–H groups in total. The third-order valence-electron chi connectivity index (χ3n) is 3.78. The molecule has 1 aliphatic heterocycles. The van der Waals surface area contributed by atoms with Crippen molar-refractivity contribution in [1.29, 1.82) is 0 Å². The van der Waals surface area contributed by atoms with Crippen molar-refractivity contribution >= 4 is 63.6 Å². The molecule has 0 atom stereocenters. The van der Waals surface area contributed by atoms with E-state index in [2.05, 4.69) is 10.3 Å². The van der Waals surface area contributed by atoms with Crippen LogP contribution in [0.1, 0.15) is 18.4 Å². The van der Waals surface area contributed by atoms with Gasteiger partial charge in [-0.3, -0.25) is 14.5 Å². The van der Waals surface area contributed by atoms with Gasteiger partial charge in [-0.2, -0.15) is 0 Å². The highest BCUT2D eigenvalue weighted by atomic mass is 35.5. The number of amides is 2.